The van der Waals surface area contributed by atoms with Crippen molar-refractivity contribution in [2.45, 2.75) is 38.8 Å². The summed E-state index contributed by atoms with van der Waals surface area (Å²) in [7, 11) is -4.07. The standard InChI is InChI=1S/C8H16N2O6S/c1-8(2,3)10-17(15,16)9-5(7(13)14)4-6(11)12/h5,9-10H,4H2,1-3H3,(H,11,12)(H,13,14)/t5-/m1/s1. The molecule has 0 saturated carbocycles. The van der Waals surface area contributed by atoms with Crippen molar-refractivity contribution in [2.24, 2.45) is 0 Å². The van der Waals surface area contributed by atoms with Crippen LogP contribution in [0.3, 0.4) is 0 Å². The molecule has 0 unspecified atom stereocenters. The number of carboxylic acids is 2. The summed E-state index contributed by atoms with van der Waals surface area (Å²) in [5, 5.41) is 17.1. The summed E-state index contributed by atoms with van der Waals surface area (Å²) in [6.07, 6.45) is -0.833. The highest BCUT2D eigenvalue weighted by atomic mass is 32.2. The van der Waals surface area contributed by atoms with Crippen LogP contribution in [0.15, 0.2) is 0 Å². The van der Waals surface area contributed by atoms with E-state index in [0.717, 1.165) is 0 Å². The zero-order valence-electron chi connectivity index (χ0n) is 9.72. The SMILES string of the molecule is CC(C)(C)NS(=O)(=O)N[C@H](CC(=O)O)C(=O)O. The van der Waals surface area contributed by atoms with Gasteiger partial charge in [-0.1, -0.05) is 0 Å². The number of hydrogen-bond acceptors (Lipinski definition) is 4. The lowest BCUT2D eigenvalue weighted by Gasteiger charge is -2.22. The van der Waals surface area contributed by atoms with E-state index < -0.39 is 40.1 Å². The third-order valence-corrected chi connectivity index (χ3v) is 2.89. The lowest BCUT2D eigenvalue weighted by Crippen LogP contribution is -2.52. The van der Waals surface area contributed by atoms with Gasteiger partial charge in [-0.15, -0.1) is 0 Å². The number of rotatable bonds is 6. The Morgan fingerprint density at radius 1 is 1.24 bits per heavy atom. The molecule has 0 rings (SSSR count). The lowest BCUT2D eigenvalue weighted by molar-refractivity contribution is -0.145. The summed E-state index contributed by atoms with van der Waals surface area (Å²) in [6.45, 7) is 4.71. The normalized spacial score (nSPS) is 14.3. The molecule has 0 bridgehead atoms. The first kappa shape index (κ1) is 15.8. The average Bonchev–Trinajstić information content (AvgIpc) is 1.95. The molecule has 17 heavy (non-hydrogen) atoms. The van der Waals surface area contributed by atoms with Crippen LogP contribution >= 0.6 is 0 Å². The molecule has 8 nitrogen and oxygen atoms in total. The Labute approximate surface area is 99.2 Å². The van der Waals surface area contributed by atoms with Gasteiger partial charge in [0.05, 0.1) is 6.42 Å². The molecule has 9 heteroatoms. The molecule has 0 spiro atoms. The molecule has 0 heterocycles. The van der Waals surface area contributed by atoms with E-state index in [1.165, 1.54) is 0 Å². The number of carbonyl (C=O) groups is 2. The van der Waals surface area contributed by atoms with Gasteiger partial charge < -0.3 is 10.2 Å². The summed E-state index contributed by atoms with van der Waals surface area (Å²) in [4.78, 5) is 21.0. The first-order chi connectivity index (χ1) is 7.43. The van der Waals surface area contributed by atoms with Gasteiger partial charge in [0.2, 0.25) is 0 Å². The van der Waals surface area contributed by atoms with E-state index >= 15 is 0 Å². The fourth-order valence-corrected chi connectivity index (χ4v) is 2.40. The molecular weight excluding hydrogens is 252 g/mol. The Kier molecular flexibility index (Phi) is 5.05. The third kappa shape index (κ3) is 7.66. The second kappa shape index (κ2) is 5.43. The van der Waals surface area contributed by atoms with E-state index in [-0.39, 0.29) is 0 Å². The van der Waals surface area contributed by atoms with Crippen LogP contribution in [0.4, 0.5) is 0 Å². The molecule has 100 valence electrons. The lowest BCUT2D eigenvalue weighted by atomic mass is 10.1. The smallest absolute Gasteiger partial charge is 0.322 e. The Morgan fingerprint density at radius 3 is 2.00 bits per heavy atom. The molecule has 0 aliphatic carbocycles. The highest BCUT2D eigenvalue weighted by Gasteiger charge is 2.28. The van der Waals surface area contributed by atoms with Crippen molar-refractivity contribution >= 4 is 22.1 Å². The Bertz CT molecular complexity index is 397. The average molecular weight is 268 g/mol. The van der Waals surface area contributed by atoms with Gasteiger partial charge in [0.25, 0.3) is 10.2 Å². The van der Waals surface area contributed by atoms with Crippen LogP contribution in [0.2, 0.25) is 0 Å². The fourth-order valence-electron chi connectivity index (χ4n) is 0.974. The van der Waals surface area contributed by atoms with Gasteiger partial charge in [0.15, 0.2) is 0 Å². The number of nitrogens with one attached hydrogen (secondary N) is 2. The maximum absolute atomic E-state index is 11.5. The fraction of sp³-hybridized carbons (Fsp3) is 0.750. The maximum atomic E-state index is 11.5. The van der Waals surface area contributed by atoms with Crippen molar-refractivity contribution in [3.8, 4) is 0 Å². The van der Waals surface area contributed by atoms with Crippen molar-refractivity contribution < 1.29 is 28.2 Å². The predicted octanol–water partition coefficient (Wildman–Crippen LogP) is -0.863. The topological polar surface area (TPSA) is 133 Å². The molecule has 0 saturated heterocycles. The van der Waals surface area contributed by atoms with Crippen LogP contribution in [0, 0.1) is 0 Å². The van der Waals surface area contributed by atoms with E-state index in [2.05, 4.69) is 4.72 Å². The molecule has 0 fully saturated rings. The van der Waals surface area contributed by atoms with E-state index in [1.54, 1.807) is 25.5 Å². The summed E-state index contributed by atoms with van der Waals surface area (Å²) < 4.78 is 26.8. The van der Waals surface area contributed by atoms with Gasteiger partial charge in [-0.2, -0.15) is 17.9 Å². The second-order valence-electron chi connectivity index (χ2n) is 4.46. The largest absolute Gasteiger partial charge is 0.481 e. The van der Waals surface area contributed by atoms with Crippen LogP contribution in [0.5, 0.6) is 0 Å². The molecule has 0 aliphatic rings. The van der Waals surface area contributed by atoms with Gasteiger partial charge >= 0.3 is 11.9 Å². The first-order valence-corrected chi connectivity index (χ1v) is 6.17. The van der Waals surface area contributed by atoms with Crippen LogP contribution in [-0.4, -0.2) is 42.2 Å². The number of carboxylic acid groups (broad SMARTS) is 2. The van der Waals surface area contributed by atoms with Gasteiger partial charge in [-0.05, 0) is 20.8 Å². The van der Waals surface area contributed by atoms with Crippen molar-refractivity contribution in [2.75, 3.05) is 0 Å². The summed E-state index contributed by atoms with van der Waals surface area (Å²) >= 11 is 0. The summed E-state index contributed by atoms with van der Waals surface area (Å²) in [6, 6.07) is -1.70. The minimum atomic E-state index is -4.07. The highest BCUT2D eigenvalue weighted by molar-refractivity contribution is 7.87. The minimum absolute atomic E-state index is 0.794. The molecule has 0 aromatic carbocycles. The van der Waals surface area contributed by atoms with E-state index in [0.29, 0.717) is 0 Å². The highest BCUT2D eigenvalue weighted by Crippen LogP contribution is 2.02. The molecule has 0 aromatic rings. The molecule has 0 aromatic heterocycles. The first-order valence-electron chi connectivity index (χ1n) is 4.69. The third-order valence-electron chi connectivity index (χ3n) is 1.41. The van der Waals surface area contributed by atoms with E-state index in [4.69, 9.17) is 10.2 Å². The maximum Gasteiger partial charge on any atom is 0.322 e. The molecule has 0 aliphatic heterocycles. The Morgan fingerprint density at radius 2 is 1.71 bits per heavy atom. The summed E-state index contributed by atoms with van der Waals surface area (Å²) in [5.41, 5.74) is -0.794. The Hall–Kier alpha value is -1.19. The second-order valence-corrected chi connectivity index (χ2v) is 5.91. The van der Waals surface area contributed by atoms with Crippen LogP contribution in [-0.2, 0) is 19.8 Å². The van der Waals surface area contributed by atoms with Gasteiger partial charge in [-0.3, -0.25) is 9.59 Å². The van der Waals surface area contributed by atoms with Crippen molar-refractivity contribution in [1.82, 2.24) is 9.44 Å². The monoisotopic (exact) mass is 268 g/mol. The predicted molar refractivity (Wildman–Crippen MR) is 58.6 cm³/mol. The quantitative estimate of drug-likeness (QED) is 0.495. The Balaban J connectivity index is 4.76. The molecule has 0 amide bonds. The van der Waals surface area contributed by atoms with E-state index in [1.807, 2.05) is 0 Å². The van der Waals surface area contributed by atoms with Crippen LogP contribution in [0.1, 0.15) is 27.2 Å². The number of aliphatic carboxylic acids is 2. The van der Waals surface area contributed by atoms with Gasteiger partial charge in [0.1, 0.15) is 6.04 Å². The van der Waals surface area contributed by atoms with Crippen LogP contribution < -0.4 is 9.44 Å². The van der Waals surface area contributed by atoms with Crippen molar-refractivity contribution in [3.05, 3.63) is 0 Å². The zero-order valence-corrected chi connectivity index (χ0v) is 10.5. The minimum Gasteiger partial charge on any atom is -0.481 e. The van der Waals surface area contributed by atoms with Crippen molar-refractivity contribution in [3.63, 3.8) is 0 Å². The molecular formula is C8H16N2O6S. The van der Waals surface area contributed by atoms with E-state index in [9.17, 15) is 18.0 Å². The zero-order chi connectivity index (χ0) is 13.9. The molecule has 1 atom stereocenters. The van der Waals surface area contributed by atoms with Crippen LogP contribution in [0.25, 0.3) is 0 Å². The van der Waals surface area contributed by atoms with Gasteiger partial charge in [0, 0.05) is 5.54 Å². The molecule has 4 N–H and O–H groups in total. The van der Waals surface area contributed by atoms with Gasteiger partial charge in [-0.25, -0.2) is 0 Å². The molecule has 0 radical (unpaired) electrons. The number of hydrogen-bond donors (Lipinski definition) is 4. The van der Waals surface area contributed by atoms with Crippen molar-refractivity contribution in [1.29, 1.82) is 0 Å². The summed E-state index contributed by atoms with van der Waals surface area (Å²) in [5.74, 6) is -2.96.